The van der Waals surface area contributed by atoms with Crippen LogP contribution in [0.3, 0.4) is 0 Å². The number of rotatable bonds is 5. The van der Waals surface area contributed by atoms with Crippen LogP contribution in [-0.2, 0) is 4.79 Å². The third kappa shape index (κ3) is 3.97. The summed E-state index contributed by atoms with van der Waals surface area (Å²) >= 11 is 3.24. The Hall–Kier alpha value is -1.16. The number of benzene rings is 1. The molecule has 0 spiro atoms. The zero-order valence-corrected chi connectivity index (χ0v) is 11.5. The summed E-state index contributed by atoms with van der Waals surface area (Å²) < 4.78 is 0. The van der Waals surface area contributed by atoms with Gasteiger partial charge >= 0.3 is 5.97 Å². The molecule has 3 nitrogen and oxygen atoms in total. The number of aryl methyl sites for hydroxylation is 2. The Kier molecular flexibility index (Phi) is 4.87. The topological polar surface area (TPSA) is 54.4 Å². The first-order valence-corrected chi connectivity index (χ1v) is 6.30. The van der Waals surface area contributed by atoms with Crippen molar-refractivity contribution >= 4 is 27.7 Å². The second kappa shape index (κ2) is 5.96. The molecule has 0 bridgehead atoms. The zero-order valence-electron chi connectivity index (χ0n) is 9.87. The molecule has 92 valence electrons. The van der Waals surface area contributed by atoms with E-state index in [9.17, 15) is 9.59 Å². The average molecular weight is 299 g/mol. The summed E-state index contributed by atoms with van der Waals surface area (Å²) in [4.78, 5) is 22.0. The Bertz CT molecular complexity index is 440. The molecule has 0 heterocycles. The molecule has 1 aromatic carbocycles. The van der Waals surface area contributed by atoms with Crippen LogP contribution in [0.25, 0.3) is 0 Å². The average Bonchev–Trinajstić information content (AvgIpc) is 2.28. The molecule has 0 aliphatic heterocycles. The van der Waals surface area contributed by atoms with Crippen molar-refractivity contribution in [1.82, 2.24) is 0 Å². The first-order chi connectivity index (χ1) is 7.91. The van der Waals surface area contributed by atoms with Gasteiger partial charge in [0, 0.05) is 12.0 Å². The summed E-state index contributed by atoms with van der Waals surface area (Å²) in [5.41, 5.74) is 2.83. The Morgan fingerprint density at radius 2 is 1.94 bits per heavy atom. The predicted molar refractivity (Wildman–Crippen MR) is 69.8 cm³/mol. The fourth-order valence-corrected chi connectivity index (χ4v) is 1.95. The van der Waals surface area contributed by atoms with Crippen LogP contribution >= 0.6 is 15.9 Å². The fourth-order valence-electron chi connectivity index (χ4n) is 1.46. The molecule has 0 saturated carbocycles. The maximum absolute atomic E-state index is 12.0. The summed E-state index contributed by atoms with van der Waals surface area (Å²) in [6, 6.07) is 5.52. The van der Waals surface area contributed by atoms with Crippen molar-refractivity contribution in [3.8, 4) is 0 Å². The number of hydrogen-bond donors (Lipinski definition) is 1. The van der Waals surface area contributed by atoms with Crippen LogP contribution in [0.5, 0.6) is 0 Å². The van der Waals surface area contributed by atoms with Crippen molar-refractivity contribution in [2.75, 3.05) is 0 Å². The molecule has 0 saturated heterocycles. The fraction of sp³-hybridized carbons (Fsp3) is 0.385. The quantitative estimate of drug-likeness (QED) is 0.671. The number of halogens is 1. The number of carbonyl (C=O) groups is 2. The SMILES string of the molecule is Cc1ccc(C(=O)C(Br)CCC(=O)O)cc1C. The Labute approximate surface area is 109 Å². The van der Waals surface area contributed by atoms with Crippen molar-refractivity contribution in [3.05, 3.63) is 34.9 Å². The summed E-state index contributed by atoms with van der Waals surface area (Å²) in [7, 11) is 0. The van der Waals surface area contributed by atoms with E-state index >= 15 is 0 Å². The van der Waals surface area contributed by atoms with Crippen molar-refractivity contribution in [2.45, 2.75) is 31.5 Å². The van der Waals surface area contributed by atoms with Gasteiger partial charge in [-0.25, -0.2) is 0 Å². The molecule has 0 fully saturated rings. The minimum Gasteiger partial charge on any atom is -0.481 e. The highest BCUT2D eigenvalue weighted by Crippen LogP contribution is 2.17. The molecule has 4 heteroatoms. The number of alkyl halides is 1. The van der Waals surface area contributed by atoms with Crippen molar-refractivity contribution in [1.29, 1.82) is 0 Å². The van der Waals surface area contributed by atoms with Gasteiger partial charge in [0.25, 0.3) is 0 Å². The largest absolute Gasteiger partial charge is 0.481 e. The van der Waals surface area contributed by atoms with Crippen LogP contribution in [0.15, 0.2) is 18.2 Å². The Morgan fingerprint density at radius 1 is 1.29 bits per heavy atom. The van der Waals surface area contributed by atoms with Crippen LogP contribution < -0.4 is 0 Å². The van der Waals surface area contributed by atoms with Crippen LogP contribution in [0, 0.1) is 13.8 Å². The van der Waals surface area contributed by atoms with Gasteiger partial charge in [0.2, 0.25) is 0 Å². The monoisotopic (exact) mass is 298 g/mol. The van der Waals surface area contributed by atoms with E-state index in [4.69, 9.17) is 5.11 Å². The van der Waals surface area contributed by atoms with Gasteiger partial charge in [-0.15, -0.1) is 0 Å². The summed E-state index contributed by atoms with van der Waals surface area (Å²) in [5.74, 6) is -0.948. The standard InChI is InChI=1S/C13H15BrO3/c1-8-3-4-10(7-9(8)2)13(17)11(14)5-6-12(15)16/h3-4,7,11H,5-6H2,1-2H3,(H,15,16). The molecule has 0 aromatic heterocycles. The molecular weight excluding hydrogens is 284 g/mol. The van der Waals surface area contributed by atoms with Crippen LogP contribution in [0.1, 0.15) is 34.3 Å². The van der Waals surface area contributed by atoms with Gasteiger partial charge in [-0.3, -0.25) is 9.59 Å². The Balaban J connectivity index is 2.74. The first kappa shape index (κ1) is 13.9. The normalized spacial score (nSPS) is 12.2. The first-order valence-electron chi connectivity index (χ1n) is 5.39. The number of carboxylic acid groups (broad SMARTS) is 1. The summed E-state index contributed by atoms with van der Waals surface area (Å²) in [5, 5.41) is 8.56. The number of Topliss-reactive ketones (excluding diaryl/α,β-unsaturated/α-hetero) is 1. The molecule has 1 rings (SSSR count). The molecular formula is C13H15BrO3. The van der Waals surface area contributed by atoms with E-state index in [0.717, 1.165) is 11.1 Å². The number of ketones is 1. The van der Waals surface area contributed by atoms with Crippen LogP contribution in [-0.4, -0.2) is 21.7 Å². The summed E-state index contributed by atoms with van der Waals surface area (Å²) in [6.07, 6.45) is 0.299. The molecule has 0 amide bonds. The molecule has 0 aliphatic rings. The molecule has 0 aliphatic carbocycles. The maximum atomic E-state index is 12.0. The van der Waals surface area contributed by atoms with Gasteiger partial charge in [-0.2, -0.15) is 0 Å². The van der Waals surface area contributed by atoms with Gasteiger partial charge in [-0.05, 0) is 37.5 Å². The van der Waals surface area contributed by atoms with E-state index in [2.05, 4.69) is 15.9 Å². The van der Waals surface area contributed by atoms with E-state index < -0.39 is 10.8 Å². The van der Waals surface area contributed by atoms with Gasteiger partial charge in [0.15, 0.2) is 5.78 Å². The molecule has 1 unspecified atom stereocenters. The van der Waals surface area contributed by atoms with Crippen molar-refractivity contribution < 1.29 is 14.7 Å². The zero-order chi connectivity index (χ0) is 13.0. The van der Waals surface area contributed by atoms with E-state index in [0.29, 0.717) is 12.0 Å². The number of carboxylic acids is 1. The van der Waals surface area contributed by atoms with E-state index in [1.165, 1.54) is 0 Å². The highest BCUT2D eigenvalue weighted by Gasteiger charge is 2.18. The third-order valence-corrected chi connectivity index (χ3v) is 3.56. The molecule has 17 heavy (non-hydrogen) atoms. The molecule has 1 N–H and O–H groups in total. The molecule has 1 atom stereocenters. The number of hydrogen-bond acceptors (Lipinski definition) is 2. The lowest BCUT2D eigenvalue weighted by Crippen LogP contribution is -2.16. The minimum absolute atomic E-state index is 0.00744. The third-order valence-electron chi connectivity index (χ3n) is 2.69. The second-order valence-electron chi connectivity index (χ2n) is 4.06. The second-order valence-corrected chi connectivity index (χ2v) is 5.17. The van der Waals surface area contributed by atoms with Crippen LogP contribution in [0.2, 0.25) is 0 Å². The lowest BCUT2D eigenvalue weighted by atomic mass is 10.0. The smallest absolute Gasteiger partial charge is 0.303 e. The van der Waals surface area contributed by atoms with E-state index in [1.807, 2.05) is 26.0 Å². The van der Waals surface area contributed by atoms with Crippen molar-refractivity contribution in [2.24, 2.45) is 0 Å². The van der Waals surface area contributed by atoms with E-state index in [-0.39, 0.29) is 12.2 Å². The van der Waals surface area contributed by atoms with Gasteiger partial charge in [0.1, 0.15) is 0 Å². The van der Waals surface area contributed by atoms with Gasteiger partial charge in [0.05, 0.1) is 4.83 Å². The minimum atomic E-state index is -0.887. The number of carbonyl (C=O) groups excluding carboxylic acids is 1. The summed E-state index contributed by atoms with van der Waals surface area (Å²) in [6.45, 7) is 3.94. The van der Waals surface area contributed by atoms with Gasteiger partial charge in [-0.1, -0.05) is 28.1 Å². The molecule has 1 aromatic rings. The molecule has 0 radical (unpaired) electrons. The van der Waals surface area contributed by atoms with E-state index in [1.54, 1.807) is 6.07 Å². The Morgan fingerprint density at radius 3 is 2.47 bits per heavy atom. The van der Waals surface area contributed by atoms with Gasteiger partial charge < -0.3 is 5.11 Å². The lowest BCUT2D eigenvalue weighted by molar-refractivity contribution is -0.137. The lowest BCUT2D eigenvalue weighted by Gasteiger charge is -2.09. The van der Waals surface area contributed by atoms with Crippen molar-refractivity contribution in [3.63, 3.8) is 0 Å². The van der Waals surface area contributed by atoms with Crippen LogP contribution in [0.4, 0.5) is 0 Å². The maximum Gasteiger partial charge on any atom is 0.303 e. The highest BCUT2D eigenvalue weighted by molar-refractivity contribution is 9.10. The predicted octanol–water partition coefficient (Wildman–Crippen LogP) is 3.11. The number of aliphatic carboxylic acids is 1. The highest BCUT2D eigenvalue weighted by atomic mass is 79.9.